The molecule has 0 aliphatic heterocycles. The van der Waals surface area contributed by atoms with E-state index in [1.165, 1.54) is 14.7 Å². The first-order valence-corrected chi connectivity index (χ1v) is 11.1. The SMILES string of the molecule is c1ccc(SCN(CSc2ccccc2)CSc2ccccc2)cc1. The predicted octanol–water partition coefficient (Wildman–Crippen LogP) is 6.54. The van der Waals surface area contributed by atoms with Crippen molar-refractivity contribution in [2.24, 2.45) is 0 Å². The minimum atomic E-state index is 0.990. The van der Waals surface area contributed by atoms with Gasteiger partial charge in [-0.15, -0.1) is 35.3 Å². The van der Waals surface area contributed by atoms with Gasteiger partial charge in [-0.2, -0.15) is 0 Å². The van der Waals surface area contributed by atoms with Gasteiger partial charge in [-0.1, -0.05) is 54.6 Å². The Balaban J connectivity index is 1.56. The molecule has 4 heteroatoms. The average Bonchev–Trinajstić information content (AvgIpc) is 2.70. The van der Waals surface area contributed by atoms with Gasteiger partial charge >= 0.3 is 0 Å². The summed E-state index contributed by atoms with van der Waals surface area (Å²) in [6.45, 7) is 0. The molecule has 0 saturated heterocycles. The lowest BCUT2D eigenvalue weighted by Crippen LogP contribution is -2.22. The van der Waals surface area contributed by atoms with E-state index >= 15 is 0 Å². The maximum atomic E-state index is 2.49. The highest BCUT2D eigenvalue weighted by Gasteiger charge is 2.08. The average molecular weight is 384 g/mol. The Labute approximate surface area is 163 Å². The number of rotatable bonds is 9. The van der Waals surface area contributed by atoms with Crippen molar-refractivity contribution in [2.75, 3.05) is 17.6 Å². The molecule has 0 heterocycles. The van der Waals surface area contributed by atoms with Crippen molar-refractivity contribution in [1.29, 1.82) is 0 Å². The third-order valence-electron chi connectivity index (χ3n) is 3.47. The first kappa shape index (κ1) is 18.5. The number of thioether (sulfide) groups is 3. The van der Waals surface area contributed by atoms with Crippen molar-refractivity contribution in [3.63, 3.8) is 0 Å². The molecule has 1 nitrogen and oxygen atoms in total. The van der Waals surface area contributed by atoms with Crippen molar-refractivity contribution in [1.82, 2.24) is 4.90 Å². The van der Waals surface area contributed by atoms with E-state index in [9.17, 15) is 0 Å². The zero-order valence-corrected chi connectivity index (χ0v) is 16.4. The summed E-state index contributed by atoms with van der Waals surface area (Å²) in [5.41, 5.74) is 0. The Hall–Kier alpha value is -1.33. The first-order chi connectivity index (χ1) is 12.4. The van der Waals surface area contributed by atoms with E-state index in [-0.39, 0.29) is 0 Å². The van der Waals surface area contributed by atoms with E-state index in [1.807, 2.05) is 35.3 Å². The fourth-order valence-electron chi connectivity index (χ4n) is 2.16. The molecule has 3 rings (SSSR count). The minimum absolute atomic E-state index is 0.990. The number of benzene rings is 3. The van der Waals surface area contributed by atoms with Gasteiger partial charge in [0.25, 0.3) is 0 Å². The Morgan fingerprint density at radius 3 is 1.00 bits per heavy atom. The molecule has 0 radical (unpaired) electrons. The van der Waals surface area contributed by atoms with E-state index in [4.69, 9.17) is 0 Å². The molecule has 0 bridgehead atoms. The quantitative estimate of drug-likeness (QED) is 0.305. The van der Waals surface area contributed by atoms with Crippen LogP contribution < -0.4 is 0 Å². The highest BCUT2D eigenvalue weighted by Crippen LogP contribution is 2.26. The monoisotopic (exact) mass is 383 g/mol. The fourth-order valence-corrected chi connectivity index (χ4v) is 5.10. The lowest BCUT2D eigenvalue weighted by Gasteiger charge is -2.21. The molecule has 128 valence electrons. The van der Waals surface area contributed by atoms with Crippen LogP contribution >= 0.6 is 35.3 Å². The molecule has 3 aromatic rings. The topological polar surface area (TPSA) is 3.24 Å². The minimum Gasteiger partial charge on any atom is -0.275 e. The van der Waals surface area contributed by atoms with E-state index < -0.39 is 0 Å². The van der Waals surface area contributed by atoms with Crippen molar-refractivity contribution in [3.05, 3.63) is 91.0 Å². The molecule has 0 amide bonds. The van der Waals surface area contributed by atoms with Crippen LogP contribution in [0.1, 0.15) is 0 Å². The van der Waals surface area contributed by atoms with Gasteiger partial charge in [0.15, 0.2) is 0 Å². The normalized spacial score (nSPS) is 10.9. The van der Waals surface area contributed by atoms with E-state index in [1.54, 1.807) is 0 Å². The summed E-state index contributed by atoms with van der Waals surface area (Å²) in [5, 5.41) is 0. The second-order valence-corrected chi connectivity index (χ2v) is 8.49. The fraction of sp³-hybridized carbons (Fsp3) is 0.143. The van der Waals surface area contributed by atoms with Crippen LogP contribution in [0, 0.1) is 0 Å². The third kappa shape index (κ3) is 6.83. The number of hydrogen-bond acceptors (Lipinski definition) is 4. The molecule has 0 spiro atoms. The Morgan fingerprint density at radius 2 is 0.720 bits per heavy atom. The molecule has 25 heavy (non-hydrogen) atoms. The molecule has 0 atom stereocenters. The molecule has 0 fully saturated rings. The van der Waals surface area contributed by atoms with Crippen LogP contribution in [0.5, 0.6) is 0 Å². The van der Waals surface area contributed by atoms with Crippen LogP contribution in [0.2, 0.25) is 0 Å². The predicted molar refractivity (Wildman–Crippen MR) is 113 cm³/mol. The lowest BCUT2D eigenvalue weighted by molar-refractivity contribution is 0.447. The number of hydrogen-bond donors (Lipinski definition) is 0. The standard InChI is InChI=1S/C21H21NS3/c1-4-10-19(11-5-1)23-16-22(17-24-20-12-6-2-7-13-20)18-25-21-14-8-3-9-15-21/h1-15H,16-18H2. The van der Waals surface area contributed by atoms with Gasteiger partial charge in [0.2, 0.25) is 0 Å². The van der Waals surface area contributed by atoms with Gasteiger partial charge in [0.05, 0.1) is 17.6 Å². The summed E-state index contributed by atoms with van der Waals surface area (Å²) >= 11 is 5.69. The van der Waals surface area contributed by atoms with Crippen LogP contribution in [0.25, 0.3) is 0 Å². The molecule has 0 aliphatic rings. The molecule has 3 aromatic carbocycles. The van der Waals surface area contributed by atoms with Crippen LogP contribution in [-0.4, -0.2) is 22.5 Å². The van der Waals surface area contributed by atoms with Gasteiger partial charge in [0.1, 0.15) is 0 Å². The molecular weight excluding hydrogens is 362 g/mol. The molecule has 0 unspecified atom stereocenters. The summed E-state index contributed by atoms with van der Waals surface area (Å²) in [6.07, 6.45) is 0. The highest BCUT2D eigenvalue weighted by atomic mass is 32.2. The van der Waals surface area contributed by atoms with E-state index in [0.717, 1.165) is 17.6 Å². The highest BCUT2D eigenvalue weighted by molar-refractivity contribution is 8.00. The van der Waals surface area contributed by atoms with Crippen LogP contribution in [0.3, 0.4) is 0 Å². The van der Waals surface area contributed by atoms with Crippen LogP contribution in [-0.2, 0) is 0 Å². The van der Waals surface area contributed by atoms with Gasteiger partial charge in [-0.25, -0.2) is 0 Å². The van der Waals surface area contributed by atoms with Gasteiger partial charge in [0, 0.05) is 14.7 Å². The molecule has 0 aromatic heterocycles. The van der Waals surface area contributed by atoms with Crippen molar-refractivity contribution >= 4 is 35.3 Å². The van der Waals surface area contributed by atoms with Crippen molar-refractivity contribution in [2.45, 2.75) is 14.7 Å². The van der Waals surface area contributed by atoms with Crippen molar-refractivity contribution in [3.8, 4) is 0 Å². The summed E-state index contributed by atoms with van der Waals surface area (Å²) in [4.78, 5) is 6.46. The largest absolute Gasteiger partial charge is 0.275 e. The Bertz CT molecular complexity index is 616. The summed E-state index contributed by atoms with van der Waals surface area (Å²) < 4.78 is 0. The number of nitrogens with zero attached hydrogens (tertiary/aromatic N) is 1. The molecule has 0 aliphatic carbocycles. The smallest absolute Gasteiger partial charge is 0.0508 e. The summed E-state index contributed by atoms with van der Waals surface area (Å²) in [7, 11) is 0. The van der Waals surface area contributed by atoms with Crippen molar-refractivity contribution < 1.29 is 0 Å². The Kier molecular flexibility index (Phi) is 7.84. The van der Waals surface area contributed by atoms with Gasteiger partial charge < -0.3 is 0 Å². The zero-order valence-electron chi connectivity index (χ0n) is 14.0. The third-order valence-corrected chi connectivity index (χ3v) is 6.77. The second kappa shape index (κ2) is 10.6. The van der Waals surface area contributed by atoms with Gasteiger partial charge in [-0.3, -0.25) is 4.90 Å². The maximum absolute atomic E-state index is 2.49. The van der Waals surface area contributed by atoms with E-state index in [0.29, 0.717) is 0 Å². The molecule has 0 saturated carbocycles. The second-order valence-electron chi connectivity index (χ2n) is 5.43. The molecular formula is C21H21NS3. The summed E-state index contributed by atoms with van der Waals surface area (Å²) in [5.74, 6) is 2.97. The Morgan fingerprint density at radius 1 is 0.440 bits per heavy atom. The van der Waals surface area contributed by atoms with Crippen LogP contribution in [0.15, 0.2) is 106 Å². The van der Waals surface area contributed by atoms with Gasteiger partial charge in [-0.05, 0) is 36.4 Å². The summed E-state index contributed by atoms with van der Waals surface area (Å²) in [6, 6.07) is 31.9. The van der Waals surface area contributed by atoms with E-state index in [2.05, 4.69) is 95.9 Å². The molecule has 0 N–H and O–H groups in total. The first-order valence-electron chi connectivity index (χ1n) is 8.16. The lowest BCUT2D eigenvalue weighted by atomic mass is 10.4. The van der Waals surface area contributed by atoms with Crippen LogP contribution in [0.4, 0.5) is 0 Å². The zero-order chi connectivity index (χ0) is 17.2. The maximum Gasteiger partial charge on any atom is 0.0508 e.